The highest BCUT2D eigenvalue weighted by molar-refractivity contribution is 6.35. The zero-order valence-corrected chi connectivity index (χ0v) is 12.4. The summed E-state index contributed by atoms with van der Waals surface area (Å²) in [5.41, 5.74) is 1.40. The summed E-state index contributed by atoms with van der Waals surface area (Å²) in [5.74, 6) is -0.0676. The van der Waals surface area contributed by atoms with Crippen molar-refractivity contribution in [3.63, 3.8) is 0 Å². The van der Waals surface area contributed by atoms with Gasteiger partial charge in [0.05, 0.1) is 28.4 Å². The van der Waals surface area contributed by atoms with Crippen molar-refractivity contribution in [2.24, 2.45) is 0 Å². The van der Waals surface area contributed by atoms with Crippen LogP contribution in [0.1, 0.15) is 6.42 Å². The number of methoxy groups -OCH3 is 1. The smallest absolute Gasteiger partial charge is 0.241 e. The molecule has 1 aliphatic heterocycles. The van der Waals surface area contributed by atoms with Crippen molar-refractivity contribution < 1.29 is 9.53 Å². The number of fused-ring (bicyclic) bond motifs is 1. The lowest BCUT2D eigenvalue weighted by atomic mass is 10.1. The Balaban J connectivity index is 1.82. The molecular weight excluding hydrogens is 290 g/mol. The average Bonchev–Trinajstić information content (AvgIpc) is 2.99. The molecule has 2 unspecified atom stereocenters. The van der Waals surface area contributed by atoms with Gasteiger partial charge in [0.1, 0.15) is 0 Å². The first kappa shape index (κ1) is 14.3. The molecule has 1 saturated heterocycles. The average molecular weight is 306 g/mol. The third kappa shape index (κ3) is 2.85. The van der Waals surface area contributed by atoms with E-state index < -0.39 is 0 Å². The maximum absolute atomic E-state index is 12.3. The van der Waals surface area contributed by atoms with Crippen molar-refractivity contribution in [1.82, 2.24) is 10.3 Å². The molecule has 5 nitrogen and oxygen atoms in total. The molecule has 21 heavy (non-hydrogen) atoms. The molecule has 1 aromatic heterocycles. The summed E-state index contributed by atoms with van der Waals surface area (Å²) in [6.45, 7) is 0.692. The summed E-state index contributed by atoms with van der Waals surface area (Å²) < 4.78 is 5.26. The Hall–Kier alpha value is -1.69. The van der Waals surface area contributed by atoms with Crippen molar-refractivity contribution >= 4 is 34.1 Å². The summed E-state index contributed by atoms with van der Waals surface area (Å²) in [4.78, 5) is 16.6. The molecule has 0 spiro atoms. The lowest BCUT2D eigenvalue weighted by Crippen LogP contribution is -2.35. The molecule has 1 fully saturated rings. The molecule has 2 atom stereocenters. The van der Waals surface area contributed by atoms with E-state index in [1.54, 1.807) is 25.4 Å². The molecule has 110 valence electrons. The number of pyridine rings is 1. The molecular formula is C15H16ClN3O2. The van der Waals surface area contributed by atoms with Crippen LogP contribution in [0.2, 0.25) is 5.02 Å². The van der Waals surface area contributed by atoms with Crippen LogP contribution in [0.5, 0.6) is 0 Å². The fourth-order valence-corrected chi connectivity index (χ4v) is 2.76. The molecule has 1 amide bonds. The van der Waals surface area contributed by atoms with Gasteiger partial charge in [-0.2, -0.15) is 0 Å². The quantitative estimate of drug-likeness (QED) is 0.912. The van der Waals surface area contributed by atoms with Crippen LogP contribution in [0.25, 0.3) is 10.9 Å². The third-order valence-electron chi connectivity index (χ3n) is 3.72. The van der Waals surface area contributed by atoms with Crippen LogP contribution in [-0.4, -0.2) is 36.7 Å². The van der Waals surface area contributed by atoms with Crippen LogP contribution >= 0.6 is 11.6 Å². The largest absolute Gasteiger partial charge is 0.380 e. The maximum atomic E-state index is 12.3. The first-order valence-corrected chi connectivity index (χ1v) is 7.17. The zero-order chi connectivity index (χ0) is 14.8. The van der Waals surface area contributed by atoms with Gasteiger partial charge < -0.3 is 15.4 Å². The van der Waals surface area contributed by atoms with Crippen molar-refractivity contribution in [3.05, 3.63) is 35.5 Å². The second-order valence-corrected chi connectivity index (χ2v) is 5.45. The Bertz CT molecular complexity index is 677. The number of hydrogen-bond donors (Lipinski definition) is 2. The number of anilines is 1. The molecule has 0 saturated carbocycles. The normalized spacial score (nSPS) is 21.6. The Morgan fingerprint density at radius 2 is 2.33 bits per heavy atom. The fraction of sp³-hybridized carbons (Fsp3) is 0.333. The van der Waals surface area contributed by atoms with Gasteiger partial charge in [-0.1, -0.05) is 11.6 Å². The van der Waals surface area contributed by atoms with Gasteiger partial charge >= 0.3 is 0 Å². The number of hydrogen-bond acceptors (Lipinski definition) is 4. The molecule has 1 aromatic carbocycles. The second-order valence-electron chi connectivity index (χ2n) is 5.04. The number of ether oxygens (including phenoxy) is 1. The van der Waals surface area contributed by atoms with E-state index in [1.807, 2.05) is 12.1 Å². The van der Waals surface area contributed by atoms with Gasteiger partial charge in [0.15, 0.2) is 0 Å². The predicted molar refractivity (Wildman–Crippen MR) is 82.6 cm³/mol. The molecule has 2 aromatic rings. The number of halogens is 1. The Morgan fingerprint density at radius 1 is 1.48 bits per heavy atom. The van der Waals surface area contributed by atoms with E-state index in [-0.39, 0.29) is 18.1 Å². The number of carbonyl (C=O) groups is 1. The van der Waals surface area contributed by atoms with E-state index in [2.05, 4.69) is 15.6 Å². The van der Waals surface area contributed by atoms with E-state index >= 15 is 0 Å². The molecule has 2 heterocycles. The monoisotopic (exact) mass is 305 g/mol. The Morgan fingerprint density at radius 3 is 3.10 bits per heavy atom. The van der Waals surface area contributed by atoms with Crippen molar-refractivity contribution in [3.8, 4) is 0 Å². The number of nitrogens with one attached hydrogen (secondary N) is 2. The number of aromatic nitrogens is 1. The number of carbonyl (C=O) groups excluding carboxylic acids is 1. The summed E-state index contributed by atoms with van der Waals surface area (Å²) in [5, 5.41) is 7.51. The van der Waals surface area contributed by atoms with Gasteiger partial charge in [0.25, 0.3) is 0 Å². The minimum atomic E-state index is -0.239. The summed E-state index contributed by atoms with van der Waals surface area (Å²) in [7, 11) is 1.66. The van der Waals surface area contributed by atoms with Gasteiger partial charge in [-0.05, 0) is 30.7 Å². The summed E-state index contributed by atoms with van der Waals surface area (Å²) in [6.07, 6.45) is 2.44. The number of rotatable bonds is 3. The maximum Gasteiger partial charge on any atom is 0.241 e. The SMILES string of the molecule is COC1CNC(C(=O)Nc2ccc(Cl)c3ncccc23)C1. The van der Waals surface area contributed by atoms with E-state index in [1.165, 1.54) is 0 Å². The topological polar surface area (TPSA) is 63.2 Å². The van der Waals surface area contributed by atoms with Crippen LogP contribution < -0.4 is 10.6 Å². The highest BCUT2D eigenvalue weighted by Gasteiger charge is 2.29. The van der Waals surface area contributed by atoms with Crippen molar-refractivity contribution in [2.45, 2.75) is 18.6 Å². The van der Waals surface area contributed by atoms with E-state index in [0.29, 0.717) is 23.5 Å². The fourth-order valence-electron chi connectivity index (χ4n) is 2.55. The van der Waals surface area contributed by atoms with Crippen LogP contribution in [-0.2, 0) is 9.53 Å². The Labute approximate surface area is 127 Å². The van der Waals surface area contributed by atoms with Crippen molar-refractivity contribution in [2.75, 3.05) is 19.0 Å². The van der Waals surface area contributed by atoms with E-state index in [0.717, 1.165) is 11.1 Å². The summed E-state index contributed by atoms with van der Waals surface area (Å²) >= 11 is 6.13. The molecule has 3 rings (SSSR count). The van der Waals surface area contributed by atoms with E-state index in [4.69, 9.17) is 16.3 Å². The van der Waals surface area contributed by atoms with E-state index in [9.17, 15) is 4.79 Å². The zero-order valence-electron chi connectivity index (χ0n) is 11.6. The van der Waals surface area contributed by atoms with Gasteiger partial charge in [-0.3, -0.25) is 9.78 Å². The van der Waals surface area contributed by atoms with Gasteiger partial charge in [-0.25, -0.2) is 0 Å². The first-order chi connectivity index (χ1) is 10.2. The van der Waals surface area contributed by atoms with Gasteiger partial charge in [-0.15, -0.1) is 0 Å². The lowest BCUT2D eigenvalue weighted by molar-refractivity contribution is -0.117. The molecule has 1 aliphatic rings. The predicted octanol–water partition coefficient (Wildman–Crippen LogP) is 2.20. The van der Waals surface area contributed by atoms with Crippen molar-refractivity contribution in [1.29, 1.82) is 0 Å². The minimum absolute atomic E-state index is 0.0676. The first-order valence-electron chi connectivity index (χ1n) is 6.79. The minimum Gasteiger partial charge on any atom is -0.380 e. The Kier molecular flexibility index (Phi) is 4.05. The number of amides is 1. The lowest BCUT2D eigenvalue weighted by Gasteiger charge is -2.13. The standard InChI is InChI=1S/C15H16ClN3O2/c1-21-9-7-13(18-8-9)15(20)19-12-5-4-11(16)14-10(12)3-2-6-17-14/h2-6,9,13,18H,7-8H2,1H3,(H,19,20). The molecule has 0 radical (unpaired) electrons. The summed E-state index contributed by atoms with van der Waals surface area (Å²) in [6, 6.07) is 7.02. The second kappa shape index (κ2) is 5.97. The number of nitrogens with zero attached hydrogens (tertiary/aromatic N) is 1. The van der Waals surface area contributed by atoms with Crippen LogP contribution in [0, 0.1) is 0 Å². The van der Waals surface area contributed by atoms with Crippen LogP contribution in [0.3, 0.4) is 0 Å². The number of benzene rings is 1. The third-order valence-corrected chi connectivity index (χ3v) is 4.02. The van der Waals surface area contributed by atoms with Gasteiger partial charge in [0, 0.05) is 25.2 Å². The highest BCUT2D eigenvalue weighted by atomic mass is 35.5. The highest BCUT2D eigenvalue weighted by Crippen LogP contribution is 2.28. The van der Waals surface area contributed by atoms with Crippen LogP contribution in [0.15, 0.2) is 30.5 Å². The van der Waals surface area contributed by atoms with Gasteiger partial charge in [0.2, 0.25) is 5.91 Å². The molecule has 2 N–H and O–H groups in total. The molecule has 6 heteroatoms. The molecule has 0 bridgehead atoms. The van der Waals surface area contributed by atoms with Crippen LogP contribution in [0.4, 0.5) is 5.69 Å². The molecule has 0 aliphatic carbocycles.